The molecule has 0 radical (unpaired) electrons. The van der Waals surface area contributed by atoms with Gasteiger partial charge in [0.1, 0.15) is 0 Å². The van der Waals surface area contributed by atoms with E-state index in [0.717, 1.165) is 10.0 Å². The van der Waals surface area contributed by atoms with Crippen LogP contribution in [-0.4, -0.2) is 33.4 Å². The molecule has 4 aromatic rings. The number of ether oxygens (including phenoxy) is 1. The van der Waals surface area contributed by atoms with E-state index in [-0.39, 0.29) is 5.56 Å². The number of rotatable bonds is 7. The quantitative estimate of drug-likeness (QED) is 0.281. The maximum atomic E-state index is 13.0. The minimum atomic E-state index is -0.105. The van der Waals surface area contributed by atoms with E-state index < -0.39 is 0 Å². The average molecular weight is 487 g/mol. The van der Waals surface area contributed by atoms with Gasteiger partial charge in [-0.2, -0.15) is 4.98 Å². The lowest BCUT2D eigenvalue weighted by Gasteiger charge is -2.12. The Morgan fingerprint density at radius 2 is 1.97 bits per heavy atom. The number of thioether (sulfide) groups is 1. The molecule has 0 aliphatic carbocycles. The Balaban J connectivity index is 1.61. The number of fused-ring (bicyclic) bond motifs is 1. The highest BCUT2D eigenvalue weighted by atomic mass is 79.9. The van der Waals surface area contributed by atoms with Gasteiger partial charge in [0.25, 0.3) is 5.56 Å². The van der Waals surface area contributed by atoms with E-state index in [9.17, 15) is 4.79 Å². The van der Waals surface area contributed by atoms with Crippen molar-refractivity contribution in [3.63, 3.8) is 0 Å². The van der Waals surface area contributed by atoms with Crippen LogP contribution in [0.5, 0.6) is 0 Å². The Labute approximate surface area is 185 Å². The largest absolute Gasteiger partial charge is 0.383 e. The van der Waals surface area contributed by atoms with Crippen LogP contribution < -0.4 is 5.56 Å². The topological polar surface area (TPSA) is 83.0 Å². The Hall–Kier alpha value is -2.49. The first kappa shape index (κ1) is 20.8. The molecular weight excluding hydrogens is 468 g/mol. The Bertz CT molecular complexity index is 1240. The van der Waals surface area contributed by atoms with Crippen molar-refractivity contribution in [2.24, 2.45) is 0 Å². The van der Waals surface area contributed by atoms with Crippen molar-refractivity contribution in [3.05, 3.63) is 68.7 Å². The summed E-state index contributed by atoms with van der Waals surface area (Å²) in [5, 5.41) is 5.21. The summed E-state index contributed by atoms with van der Waals surface area (Å²) in [5.74, 6) is 1.41. The summed E-state index contributed by atoms with van der Waals surface area (Å²) in [6.45, 7) is 2.85. The molecular formula is C21H19BrN4O3S. The van der Waals surface area contributed by atoms with Crippen LogP contribution in [0.3, 0.4) is 0 Å². The molecule has 4 rings (SSSR count). The predicted octanol–water partition coefficient (Wildman–Crippen LogP) is 4.46. The smallest absolute Gasteiger partial charge is 0.262 e. The Kier molecular flexibility index (Phi) is 6.31. The summed E-state index contributed by atoms with van der Waals surface area (Å²) in [6.07, 6.45) is 0. The first-order valence-electron chi connectivity index (χ1n) is 9.26. The summed E-state index contributed by atoms with van der Waals surface area (Å²) < 4.78 is 13.0. The molecule has 2 heterocycles. The first-order chi connectivity index (χ1) is 14.5. The summed E-state index contributed by atoms with van der Waals surface area (Å²) in [5.41, 5.74) is 2.60. The second-order valence-electron chi connectivity index (χ2n) is 6.67. The number of hydrogen-bond donors (Lipinski definition) is 0. The normalized spacial score (nSPS) is 11.3. The molecule has 0 aliphatic heterocycles. The second kappa shape index (κ2) is 9.11. The highest BCUT2D eigenvalue weighted by Crippen LogP contribution is 2.24. The van der Waals surface area contributed by atoms with E-state index in [2.05, 4.69) is 31.1 Å². The lowest BCUT2D eigenvalue weighted by Crippen LogP contribution is -2.25. The van der Waals surface area contributed by atoms with Crippen molar-refractivity contribution in [2.45, 2.75) is 24.4 Å². The van der Waals surface area contributed by atoms with Crippen molar-refractivity contribution in [1.82, 2.24) is 19.7 Å². The molecule has 2 aromatic heterocycles. The standard InChI is InChI=1S/C21H19BrN4O3S/c1-13-3-5-14(6-4-13)19-24-18(29-25-19)12-30-21-23-17-8-7-15(22)11-16(17)20(27)26(21)9-10-28-2/h3-8,11H,9-10,12H2,1-2H3. The van der Waals surface area contributed by atoms with Crippen molar-refractivity contribution in [3.8, 4) is 11.4 Å². The van der Waals surface area contributed by atoms with Crippen LogP contribution >= 0.6 is 27.7 Å². The zero-order chi connectivity index (χ0) is 21.1. The van der Waals surface area contributed by atoms with E-state index in [1.165, 1.54) is 17.3 Å². The number of aryl methyl sites for hydroxylation is 1. The molecule has 7 nitrogen and oxygen atoms in total. The maximum absolute atomic E-state index is 13.0. The minimum absolute atomic E-state index is 0.105. The summed E-state index contributed by atoms with van der Waals surface area (Å²) >= 11 is 4.80. The van der Waals surface area contributed by atoms with Crippen molar-refractivity contribution in [2.75, 3.05) is 13.7 Å². The molecule has 0 saturated heterocycles. The lowest BCUT2D eigenvalue weighted by atomic mass is 10.1. The van der Waals surface area contributed by atoms with Crippen LogP contribution in [0, 0.1) is 6.92 Å². The fraction of sp³-hybridized carbons (Fsp3) is 0.238. The molecule has 0 unspecified atom stereocenters. The van der Waals surface area contributed by atoms with Crippen LogP contribution in [0.4, 0.5) is 0 Å². The summed E-state index contributed by atoms with van der Waals surface area (Å²) in [4.78, 5) is 22.2. The van der Waals surface area contributed by atoms with E-state index >= 15 is 0 Å². The molecule has 9 heteroatoms. The zero-order valence-electron chi connectivity index (χ0n) is 16.5. The molecule has 0 amide bonds. The number of hydrogen-bond acceptors (Lipinski definition) is 7. The van der Waals surface area contributed by atoms with Gasteiger partial charge >= 0.3 is 0 Å². The highest BCUT2D eigenvalue weighted by molar-refractivity contribution is 9.10. The molecule has 0 aliphatic rings. The van der Waals surface area contributed by atoms with Gasteiger partial charge < -0.3 is 9.26 Å². The minimum Gasteiger partial charge on any atom is -0.383 e. The third-order valence-corrected chi connectivity index (χ3v) is 5.96. The van der Waals surface area contributed by atoms with E-state index in [0.29, 0.717) is 46.7 Å². The van der Waals surface area contributed by atoms with Crippen LogP contribution in [0.25, 0.3) is 22.3 Å². The average Bonchev–Trinajstić information content (AvgIpc) is 3.22. The van der Waals surface area contributed by atoms with Gasteiger partial charge in [0.15, 0.2) is 5.16 Å². The molecule has 0 atom stereocenters. The number of halogens is 1. The van der Waals surface area contributed by atoms with Gasteiger partial charge in [0.2, 0.25) is 11.7 Å². The number of nitrogens with zero attached hydrogens (tertiary/aromatic N) is 4. The number of aromatic nitrogens is 4. The number of benzene rings is 2. The zero-order valence-corrected chi connectivity index (χ0v) is 18.9. The molecule has 0 spiro atoms. The van der Waals surface area contributed by atoms with E-state index in [1.807, 2.05) is 43.3 Å². The monoisotopic (exact) mass is 486 g/mol. The van der Waals surface area contributed by atoms with E-state index in [4.69, 9.17) is 9.26 Å². The molecule has 154 valence electrons. The number of methoxy groups -OCH3 is 1. The van der Waals surface area contributed by atoms with Gasteiger partial charge in [-0.3, -0.25) is 9.36 Å². The van der Waals surface area contributed by atoms with Gasteiger partial charge in [-0.15, -0.1) is 0 Å². The van der Waals surface area contributed by atoms with Gasteiger partial charge in [-0.1, -0.05) is 62.7 Å². The van der Waals surface area contributed by atoms with Crippen molar-refractivity contribution < 1.29 is 9.26 Å². The van der Waals surface area contributed by atoms with Gasteiger partial charge in [0, 0.05) is 17.1 Å². The van der Waals surface area contributed by atoms with Crippen LogP contribution in [0.15, 0.2) is 61.4 Å². The molecule has 0 saturated carbocycles. The SMILES string of the molecule is COCCn1c(SCc2nc(-c3ccc(C)cc3)no2)nc2ccc(Br)cc2c1=O. The fourth-order valence-electron chi connectivity index (χ4n) is 2.92. The third-order valence-electron chi connectivity index (χ3n) is 4.50. The maximum Gasteiger partial charge on any atom is 0.262 e. The third kappa shape index (κ3) is 4.48. The molecule has 30 heavy (non-hydrogen) atoms. The molecule has 0 bridgehead atoms. The first-order valence-corrected chi connectivity index (χ1v) is 11.0. The van der Waals surface area contributed by atoms with Crippen molar-refractivity contribution >= 4 is 38.6 Å². The fourth-order valence-corrected chi connectivity index (χ4v) is 4.15. The van der Waals surface area contributed by atoms with Gasteiger partial charge in [0.05, 0.1) is 29.8 Å². The lowest BCUT2D eigenvalue weighted by molar-refractivity contribution is 0.183. The highest BCUT2D eigenvalue weighted by Gasteiger charge is 2.15. The Morgan fingerprint density at radius 3 is 2.73 bits per heavy atom. The second-order valence-corrected chi connectivity index (χ2v) is 8.53. The van der Waals surface area contributed by atoms with Gasteiger partial charge in [-0.25, -0.2) is 4.98 Å². The van der Waals surface area contributed by atoms with E-state index in [1.54, 1.807) is 17.7 Å². The Morgan fingerprint density at radius 1 is 1.17 bits per heavy atom. The van der Waals surface area contributed by atoms with Crippen LogP contribution in [-0.2, 0) is 17.0 Å². The predicted molar refractivity (Wildman–Crippen MR) is 120 cm³/mol. The summed E-state index contributed by atoms with van der Waals surface area (Å²) in [7, 11) is 1.61. The van der Waals surface area contributed by atoms with Crippen LogP contribution in [0.1, 0.15) is 11.5 Å². The molecule has 0 N–H and O–H groups in total. The molecule has 2 aromatic carbocycles. The van der Waals surface area contributed by atoms with Crippen LogP contribution in [0.2, 0.25) is 0 Å². The van der Waals surface area contributed by atoms with Gasteiger partial charge in [-0.05, 0) is 25.1 Å². The summed E-state index contributed by atoms with van der Waals surface area (Å²) in [6, 6.07) is 13.4. The van der Waals surface area contributed by atoms with Crippen molar-refractivity contribution in [1.29, 1.82) is 0 Å². The molecule has 0 fully saturated rings.